The van der Waals surface area contributed by atoms with Crippen molar-refractivity contribution in [1.29, 1.82) is 0 Å². The molecule has 1 aliphatic heterocycles. The zero-order chi connectivity index (χ0) is 14.7. The van der Waals surface area contributed by atoms with E-state index < -0.39 is 10.8 Å². The topological polar surface area (TPSA) is 75.5 Å². The zero-order valence-corrected chi connectivity index (χ0v) is 11.9. The molecule has 0 saturated carbocycles. The van der Waals surface area contributed by atoms with E-state index in [0.29, 0.717) is 5.02 Å². The molecule has 2 rings (SSSR count). The molecule has 0 aliphatic carbocycles. The molecule has 1 aromatic rings. The van der Waals surface area contributed by atoms with Gasteiger partial charge in [-0.05, 0) is 38.6 Å². The van der Waals surface area contributed by atoms with Crippen molar-refractivity contribution in [3.63, 3.8) is 0 Å². The van der Waals surface area contributed by atoms with Crippen molar-refractivity contribution in [2.75, 3.05) is 20.1 Å². The van der Waals surface area contributed by atoms with E-state index in [1.807, 2.05) is 7.05 Å². The van der Waals surface area contributed by atoms with Crippen LogP contribution in [0, 0.1) is 10.1 Å². The molecule has 1 saturated heterocycles. The van der Waals surface area contributed by atoms with Crippen LogP contribution in [0.4, 0.5) is 5.69 Å². The highest BCUT2D eigenvalue weighted by Gasteiger charge is 2.24. The van der Waals surface area contributed by atoms with Crippen LogP contribution in [0.3, 0.4) is 0 Å². The Bertz CT molecular complexity index is 536. The molecule has 108 valence electrons. The summed E-state index contributed by atoms with van der Waals surface area (Å²) in [6.45, 7) is 1.75. The van der Waals surface area contributed by atoms with Gasteiger partial charge in [-0.3, -0.25) is 14.9 Å². The number of likely N-dealkylation sites (N-methyl/N-ethyl adjacent to an activating group) is 1. The summed E-state index contributed by atoms with van der Waals surface area (Å²) in [6, 6.07) is 4.01. The predicted octanol–water partition coefficient (Wildman–Crippen LogP) is 2.07. The first-order valence-electron chi connectivity index (χ1n) is 6.40. The SMILES string of the molecule is CN1CCCC(NC(=O)c2cc(Cl)ccc2[N+](=O)[O-])C1. The summed E-state index contributed by atoms with van der Waals surface area (Å²) in [7, 11) is 1.99. The molecule has 0 spiro atoms. The highest BCUT2D eigenvalue weighted by molar-refractivity contribution is 6.31. The molecule has 1 aromatic carbocycles. The second-order valence-corrected chi connectivity index (χ2v) is 5.43. The second kappa shape index (κ2) is 6.19. The largest absolute Gasteiger partial charge is 0.348 e. The maximum Gasteiger partial charge on any atom is 0.282 e. The summed E-state index contributed by atoms with van der Waals surface area (Å²) in [6.07, 6.45) is 1.88. The van der Waals surface area contributed by atoms with Crippen molar-refractivity contribution in [1.82, 2.24) is 10.2 Å². The second-order valence-electron chi connectivity index (χ2n) is 4.99. The Morgan fingerprint density at radius 2 is 2.30 bits per heavy atom. The number of carbonyl (C=O) groups is 1. The quantitative estimate of drug-likeness (QED) is 0.684. The maximum atomic E-state index is 12.2. The van der Waals surface area contributed by atoms with E-state index in [4.69, 9.17) is 11.6 Å². The molecule has 0 aromatic heterocycles. The van der Waals surface area contributed by atoms with E-state index in [2.05, 4.69) is 10.2 Å². The summed E-state index contributed by atoms with van der Waals surface area (Å²) in [4.78, 5) is 24.7. The van der Waals surface area contributed by atoms with Gasteiger partial charge in [-0.1, -0.05) is 11.6 Å². The van der Waals surface area contributed by atoms with Crippen LogP contribution in [0.5, 0.6) is 0 Å². The van der Waals surface area contributed by atoms with Gasteiger partial charge >= 0.3 is 0 Å². The van der Waals surface area contributed by atoms with E-state index in [1.54, 1.807) is 0 Å². The summed E-state index contributed by atoms with van der Waals surface area (Å²) in [5, 5.41) is 14.1. The molecule has 1 atom stereocenters. The van der Waals surface area contributed by atoms with E-state index in [9.17, 15) is 14.9 Å². The number of hydrogen-bond acceptors (Lipinski definition) is 4. The third-order valence-electron chi connectivity index (χ3n) is 3.36. The smallest absolute Gasteiger partial charge is 0.282 e. The number of likely N-dealkylation sites (tertiary alicyclic amines) is 1. The number of nitrogens with zero attached hydrogens (tertiary/aromatic N) is 2. The highest BCUT2D eigenvalue weighted by atomic mass is 35.5. The van der Waals surface area contributed by atoms with E-state index >= 15 is 0 Å². The lowest BCUT2D eigenvalue weighted by Crippen LogP contribution is -2.46. The monoisotopic (exact) mass is 297 g/mol. The molecular formula is C13H16ClN3O3. The van der Waals surface area contributed by atoms with Gasteiger partial charge < -0.3 is 10.2 Å². The lowest BCUT2D eigenvalue weighted by atomic mass is 10.1. The van der Waals surface area contributed by atoms with Gasteiger partial charge in [0.2, 0.25) is 0 Å². The molecule has 1 aliphatic rings. The van der Waals surface area contributed by atoms with Gasteiger partial charge in [0, 0.05) is 23.7 Å². The van der Waals surface area contributed by atoms with Crippen LogP contribution >= 0.6 is 11.6 Å². The first kappa shape index (κ1) is 14.7. The summed E-state index contributed by atoms with van der Waals surface area (Å²) in [5.74, 6) is -0.445. The molecule has 7 heteroatoms. The van der Waals surface area contributed by atoms with Gasteiger partial charge in [-0.15, -0.1) is 0 Å². The molecule has 1 N–H and O–H groups in total. The molecule has 1 fully saturated rings. The molecule has 1 unspecified atom stereocenters. The Morgan fingerprint density at radius 1 is 1.55 bits per heavy atom. The van der Waals surface area contributed by atoms with Crippen LogP contribution in [-0.2, 0) is 0 Å². The number of benzene rings is 1. The Kier molecular flexibility index (Phi) is 4.57. The Labute approximate surface area is 121 Å². The summed E-state index contributed by atoms with van der Waals surface area (Å²) in [5.41, 5.74) is -0.216. The lowest BCUT2D eigenvalue weighted by molar-refractivity contribution is -0.385. The van der Waals surface area contributed by atoms with Gasteiger partial charge in [0.15, 0.2) is 0 Å². The molecular weight excluding hydrogens is 282 g/mol. The number of rotatable bonds is 3. The van der Waals surface area contributed by atoms with Gasteiger partial charge in [0.05, 0.1) is 4.92 Å². The molecule has 6 nitrogen and oxygen atoms in total. The number of amides is 1. The van der Waals surface area contributed by atoms with Crippen LogP contribution in [-0.4, -0.2) is 41.9 Å². The summed E-state index contributed by atoms with van der Waals surface area (Å²) >= 11 is 5.82. The number of piperidine rings is 1. The predicted molar refractivity (Wildman–Crippen MR) is 76.1 cm³/mol. The van der Waals surface area contributed by atoms with E-state index in [-0.39, 0.29) is 17.3 Å². The van der Waals surface area contributed by atoms with Crippen molar-refractivity contribution in [2.24, 2.45) is 0 Å². The maximum absolute atomic E-state index is 12.2. The Morgan fingerprint density at radius 3 is 2.95 bits per heavy atom. The minimum absolute atomic E-state index is 0.00993. The average molecular weight is 298 g/mol. The number of nitro benzene ring substituents is 1. The first-order valence-corrected chi connectivity index (χ1v) is 6.78. The van der Waals surface area contributed by atoms with Crippen LogP contribution < -0.4 is 5.32 Å². The van der Waals surface area contributed by atoms with E-state index in [1.165, 1.54) is 18.2 Å². The van der Waals surface area contributed by atoms with Crippen molar-refractivity contribution >= 4 is 23.2 Å². The first-order chi connectivity index (χ1) is 9.47. The van der Waals surface area contributed by atoms with Crippen LogP contribution in [0.25, 0.3) is 0 Å². The Balaban J connectivity index is 2.16. The fraction of sp³-hybridized carbons (Fsp3) is 0.462. The fourth-order valence-electron chi connectivity index (χ4n) is 2.40. The highest BCUT2D eigenvalue weighted by Crippen LogP contribution is 2.23. The third kappa shape index (κ3) is 3.46. The van der Waals surface area contributed by atoms with Crippen molar-refractivity contribution in [3.05, 3.63) is 38.9 Å². The van der Waals surface area contributed by atoms with Crippen molar-refractivity contribution < 1.29 is 9.72 Å². The van der Waals surface area contributed by atoms with E-state index in [0.717, 1.165) is 25.9 Å². The molecule has 1 heterocycles. The zero-order valence-electron chi connectivity index (χ0n) is 11.1. The number of carbonyl (C=O) groups excluding carboxylic acids is 1. The fourth-order valence-corrected chi connectivity index (χ4v) is 2.57. The van der Waals surface area contributed by atoms with Crippen LogP contribution in [0.1, 0.15) is 23.2 Å². The summed E-state index contributed by atoms with van der Waals surface area (Å²) < 4.78 is 0. The van der Waals surface area contributed by atoms with Gasteiger partial charge in [0.1, 0.15) is 5.56 Å². The number of halogens is 1. The average Bonchev–Trinajstić information content (AvgIpc) is 2.38. The Hall–Kier alpha value is -1.66. The number of hydrogen-bond donors (Lipinski definition) is 1. The minimum Gasteiger partial charge on any atom is -0.348 e. The van der Waals surface area contributed by atoms with Crippen molar-refractivity contribution in [3.8, 4) is 0 Å². The third-order valence-corrected chi connectivity index (χ3v) is 3.59. The number of nitrogens with one attached hydrogen (secondary N) is 1. The van der Waals surface area contributed by atoms with Gasteiger partial charge in [-0.25, -0.2) is 0 Å². The van der Waals surface area contributed by atoms with Gasteiger partial charge in [0.25, 0.3) is 11.6 Å². The van der Waals surface area contributed by atoms with Crippen LogP contribution in [0.2, 0.25) is 5.02 Å². The standard InChI is InChI=1S/C13H16ClN3O3/c1-16-6-2-3-10(8-16)15-13(18)11-7-9(14)4-5-12(11)17(19)20/h4-5,7,10H,2-3,6,8H2,1H3,(H,15,18). The molecule has 20 heavy (non-hydrogen) atoms. The number of nitro groups is 1. The van der Waals surface area contributed by atoms with Gasteiger partial charge in [-0.2, -0.15) is 0 Å². The minimum atomic E-state index is -0.571. The van der Waals surface area contributed by atoms with Crippen LogP contribution in [0.15, 0.2) is 18.2 Å². The lowest BCUT2D eigenvalue weighted by Gasteiger charge is -2.30. The normalized spacial score (nSPS) is 19.6. The molecule has 0 bridgehead atoms. The van der Waals surface area contributed by atoms with Crippen molar-refractivity contribution in [2.45, 2.75) is 18.9 Å². The molecule has 0 radical (unpaired) electrons. The molecule has 1 amide bonds.